The Labute approximate surface area is 204 Å². The van der Waals surface area contributed by atoms with Gasteiger partial charge in [-0.2, -0.15) is 10.4 Å². The van der Waals surface area contributed by atoms with E-state index in [1.807, 2.05) is 30.3 Å². The van der Waals surface area contributed by atoms with E-state index in [9.17, 15) is 19.2 Å². The standard InChI is InChI=1S/C26H16ClFN4O3/c27-15-9-10-22-19(11-15)24-21(14-35-22)23(31-32(24)18-7-2-1-3-8-18)25(33)20(13-29)26(34)30-17-6-4-5-16(28)12-17/h1-12,20H,14H2,(H,30,34). The van der Waals surface area contributed by atoms with Crippen LogP contribution >= 0.6 is 11.6 Å². The molecule has 0 spiro atoms. The molecule has 9 heteroatoms. The van der Waals surface area contributed by atoms with E-state index in [1.54, 1.807) is 29.0 Å². The SMILES string of the molecule is N#CC(C(=O)Nc1cccc(F)c1)C(=O)c1nn(-c2ccccc2)c2c1COc1ccc(Cl)cc1-2. The zero-order chi connectivity index (χ0) is 24.5. The van der Waals surface area contributed by atoms with Crippen LogP contribution < -0.4 is 10.1 Å². The summed E-state index contributed by atoms with van der Waals surface area (Å²) in [6.07, 6.45) is 0. The summed E-state index contributed by atoms with van der Waals surface area (Å²) in [4.78, 5) is 26.3. The number of para-hydroxylation sites is 1. The molecule has 7 nitrogen and oxygen atoms in total. The third-order valence-corrected chi connectivity index (χ3v) is 5.77. The second-order valence-corrected chi connectivity index (χ2v) is 8.21. The quantitative estimate of drug-likeness (QED) is 0.309. The lowest BCUT2D eigenvalue weighted by Gasteiger charge is -2.20. The van der Waals surface area contributed by atoms with Crippen LogP contribution in [0.3, 0.4) is 0 Å². The molecular formula is C26H16ClFN4O3. The van der Waals surface area contributed by atoms with Gasteiger partial charge in [0, 0.05) is 21.8 Å². The lowest BCUT2D eigenvalue weighted by molar-refractivity contribution is -0.117. The van der Waals surface area contributed by atoms with Gasteiger partial charge >= 0.3 is 0 Å². The predicted molar refractivity (Wildman–Crippen MR) is 127 cm³/mol. The molecule has 1 unspecified atom stereocenters. The fraction of sp³-hybridized carbons (Fsp3) is 0.0769. The summed E-state index contributed by atoms with van der Waals surface area (Å²) in [5, 5.41) is 17.1. The minimum atomic E-state index is -1.71. The molecule has 0 aliphatic carbocycles. The van der Waals surface area contributed by atoms with Crippen LogP contribution in [0.4, 0.5) is 10.1 Å². The zero-order valence-corrected chi connectivity index (χ0v) is 18.8. The first-order valence-corrected chi connectivity index (χ1v) is 10.9. The monoisotopic (exact) mass is 486 g/mol. The van der Waals surface area contributed by atoms with Crippen molar-refractivity contribution < 1.29 is 18.7 Å². The number of halogens is 2. The van der Waals surface area contributed by atoms with Crippen molar-refractivity contribution in [1.82, 2.24) is 9.78 Å². The summed E-state index contributed by atoms with van der Waals surface area (Å²) in [7, 11) is 0. The average molecular weight is 487 g/mol. The van der Waals surface area contributed by atoms with Crippen molar-refractivity contribution in [2.24, 2.45) is 5.92 Å². The van der Waals surface area contributed by atoms with Crippen LogP contribution in [0.5, 0.6) is 5.75 Å². The van der Waals surface area contributed by atoms with Crippen LogP contribution in [0, 0.1) is 23.1 Å². The minimum absolute atomic E-state index is 0.0154. The number of nitriles is 1. The first-order chi connectivity index (χ1) is 17.0. The van der Waals surface area contributed by atoms with Gasteiger partial charge in [0.05, 0.1) is 17.5 Å². The number of anilines is 1. The maximum atomic E-state index is 13.5. The largest absolute Gasteiger partial charge is 0.488 e. The fourth-order valence-corrected chi connectivity index (χ4v) is 4.11. The second-order valence-electron chi connectivity index (χ2n) is 7.78. The summed E-state index contributed by atoms with van der Waals surface area (Å²) < 4.78 is 20.9. The van der Waals surface area contributed by atoms with Gasteiger partial charge in [-0.15, -0.1) is 0 Å². The molecule has 1 aliphatic heterocycles. The Morgan fingerprint density at radius 2 is 1.91 bits per heavy atom. The highest BCUT2D eigenvalue weighted by Gasteiger charge is 2.36. The van der Waals surface area contributed by atoms with Gasteiger partial charge in [-0.1, -0.05) is 35.9 Å². The van der Waals surface area contributed by atoms with Gasteiger partial charge in [0.2, 0.25) is 11.7 Å². The van der Waals surface area contributed by atoms with Crippen molar-refractivity contribution in [3.05, 3.63) is 94.9 Å². The molecule has 1 N–H and O–H groups in total. The highest BCUT2D eigenvalue weighted by atomic mass is 35.5. The second kappa shape index (κ2) is 9.05. The number of hydrogen-bond acceptors (Lipinski definition) is 5. The van der Waals surface area contributed by atoms with Crippen molar-refractivity contribution in [2.75, 3.05) is 5.32 Å². The van der Waals surface area contributed by atoms with Crippen LogP contribution in [-0.4, -0.2) is 21.5 Å². The van der Waals surface area contributed by atoms with E-state index in [2.05, 4.69) is 10.4 Å². The molecule has 1 atom stereocenters. The number of ketones is 1. The summed E-state index contributed by atoms with van der Waals surface area (Å²) >= 11 is 6.24. The van der Waals surface area contributed by atoms with Gasteiger partial charge in [-0.3, -0.25) is 9.59 Å². The van der Waals surface area contributed by atoms with Gasteiger partial charge in [0.1, 0.15) is 23.9 Å². The maximum absolute atomic E-state index is 13.5. The first-order valence-electron chi connectivity index (χ1n) is 10.6. The highest BCUT2D eigenvalue weighted by Crippen LogP contribution is 2.41. The predicted octanol–water partition coefficient (Wildman–Crippen LogP) is 5.19. The third-order valence-electron chi connectivity index (χ3n) is 5.53. The molecule has 0 fully saturated rings. The number of amides is 1. The summed E-state index contributed by atoms with van der Waals surface area (Å²) in [5.74, 6) is -3.37. The van der Waals surface area contributed by atoms with Crippen molar-refractivity contribution >= 4 is 29.0 Å². The molecule has 1 aromatic heterocycles. The van der Waals surface area contributed by atoms with E-state index in [1.165, 1.54) is 18.2 Å². The van der Waals surface area contributed by atoms with Gasteiger partial charge < -0.3 is 10.1 Å². The molecule has 3 aromatic carbocycles. The summed E-state index contributed by atoms with van der Waals surface area (Å²) in [6, 6.07) is 21.2. The molecule has 0 bridgehead atoms. The Hall–Kier alpha value is -4.48. The van der Waals surface area contributed by atoms with Crippen molar-refractivity contribution in [3.63, 3.8) is 0 Å². The minimum Gasteiger partial charge on any atom is -0.488 e. The summed E-state index contributed by atoms with van der Waals surface area (Å²) in [6.45, 7) is 0.0154. The highest BCUT2D eigenvalue weighted by molar-refractivity contribution is 6.31. The number of nitrogens with one attached hydrogen (secondary N) is 1. The molecule has 35 heavy (non-hydrogen) atoms. The molecule has 1 aliphatic rings. The number of ether oxygens (including phenoxy) is 1. The van der Waals surface area contributed by atoms with Crippen LogP contribution in [0.15, 0.2) is 72.8 Å². The van der Waals surface area contributed by atoms with Gasteiger partial charge in [-0.25, -0.2) is 9.07 Å². The zero-order valence-electron chi connectivity index (χ0n) is 18.0. The number of benzene rings is 3. The maximum Gasteiger partial charge on any atom is 0.249 e. The normalized spacial score (nSPS) is 12.5. The fourth-order valence-electron chi connectivity index (χ4n) is 3.93. The first kappa shape index (κ1) is 22.3. The molecule has 172 valence electrons. The Morgan fingerprint density at radius 3 is 2.66 bits per heavy atom. The van der Waals surface area contributed by atoms with Gasteiger partial charge in [0.25, 0.3) is 0 Å². The molecule has 5 rings (SSSR count). The number of hydrogen-bond donors (Lipinski definition) is 1. The molecule has 2 heterocycles. The average Bonchev–Trinajstić information content (AvgIpc) is 3.25. The number of aromatic nitrogens is 2. The van der Waals surface area contributed by atoms with Crippen LogP contribution in [0.2, 0.25) is 5.02 Å². The molecule has 0 radical (unpaired) electrons. The van der Waals surface area contributed by atoms with E-state index in [4.69, 9.17) is 16.3 Å². The van der Waals surface area contributed by atoms with E-state index in [0.717, 1.165) is 6.07 Å². The van der Waals surface area contributed by atoms with Crippen LogP contribution in [0.1, 0.15) is 16.1 Å². The Balaban J connectivity index is 1.59. The van der Waals surface area contributed by atoms with E-state index in [0.29, 0.717) is 33.3 Å². The third kappa shape index (κ3) is 4.14. The van der Waals surface area contributed by atoms with Crippen molar-refractivity contribution in [3.8, 4) is 28.8 Å². The van der Waals surface area contributed by atoms with E-state index in [-0.39, 0.29) is 18.0 Å². The van der Waals surface area contributed by atoms with Gasteiger partial charge in [0.15, 0.2) is 5.92 Å². The Kier molecular flexibility index (Phi) is 5.77. The molecular weight excluding hydrogens is 471 g/mol. The van der Waals surface area contributed by atoms with Crippen molar-refractivity contribution in [1.29, 1.82) is 5.26 Å². The van der Waals surface area contributed by atoms with E-state index >= 15 is 0 Å². The smallest absolute Gasteiger partial charge is 0.249 e. The topological polar surface area (TPSA) is 97.0 Å². The summed E-state index contributed by atoms with van der Waals surface area (Å²) in [5.41, 5.74) is 2.40. The number of Topliss-reactive ketones (excluding diaryl/α,β-unsaturated/α-hetero) is 1. The number of nitrogens with zero attached hydrogens (tertiary/aromatic N) is 3. The Morgan fingerprint density at radius 1 is 1.11 bits per heavy atom. The van der Waals surface area contributed by atoms with Crippen LogP contribution in [-0.2, 0) is 11.4 Å². The molecule has 1 amide bonds. The van der Waals surface area contributed by atoms with Gasteiger partial charge in [-0.05, 0) is 48.5 Å². The van der Waals surface area contributed by atoms with Crippen LogP contribution in [0.25, 0.3) is 16.9 Å². The molecule has 0 saturated heterocycles. The van der Waals surface area contributed by atoms with E-state index < -0.39 is 23.4 Å². The molecule has 4 aromatic rings. The lowest BCUT2D eigenvalue weighted by Crippen LogP contribution is -2.29. The Bertz CT molecular complexity index is 1510. The number of carbonyl (C=O) groups excluding carboxylic acids is 2. The number of carbonyl (C=O) groups is 2. The molecule has 0 saturated carbocycles. The number of rotatable bonds is 5. The number of fused-ring (bicyclic) bond motifs is 3. The van der Waals surface area contributed by atoms with Crippen molar-refractivity contribution in [2.45, 2.75) is 6.61 Å². The lowest BCUT2D eigenvalue weighted by atomic mass is 9.96.